The number of hydrazone groups is 1. The van der Waals surface area contributed by atoms with Gasteiger partial charge in [-0.05, 0) is 0 Å². The molecule has 0 saturated heterocycles. The van der Waals surface area contributed by atoms with E-state index in [1.165, 1.54) is 5.56 Å². The Bertz CT molecular complexity index is 436. The molecule has 0 bridgehead atoms. The molecule has 1 aliphatic rings. The lowest BCUT2D eigenvalue weighted by Crippen LogP contribution is -2.29. The Morgan fingerprint density at radius 1 is 1.13 bits per heavy atom. The molecular weight excluding hydrogens is 184 g/mol. The van der Waals surface area contributed by atoms with E-state index in [0.717, 1.165) is 17.0 Å². The predicted molar refractivity (Wildman–Crippen MR) is 64.6 cm³/mol. The summed E-state index contributed by atoms with van der Waals surface area (Å²) in [5.41, 5.74) is 7.33. The topological polar surface area (TPSA) is 24.4 Å². The summed E-state index contributed by atoms with van der Waals surface area (Å²) in [6, 6.07) is 8.24. The molecule has 0 unspecified atom stereocenters. The van der Waals surface area contributed by atoms with Gasteiger partial charge in [-0.3, -0.25) is 5.43 Å². The van der Waals surface area contributed by atoms with Crippen molar-refractivity contribution in [3.63, 3.8) is 0 Å². The highest BCUT2D eigenvalue weighted by atomic mass is 15.3. The van der Waals surface area contributed by atoms with Crippen LogP contribution in [0.4, 0.5) is 0 Å². The molecule has 0 atom stereocenters. The number of hydrogen-bond donors (Lipinski definition) is 1. The highest BCUT2D eigenvalue weighted by Gasteiger charge is 2.26. The van der Waals surface area contributed by atoms with Gasteiger partial charge in [0, 0.05) is 16.5 Å². The summed E-state index contributed by atoms with van der Waals surface area (Å²) in [4.78, 5) is 0. The van der Waals surface area contributed by atoms with Crippen LogP contribution in [0, 0.1) is 5.41 Å². The van der Waals surface area contributed by atoms with Crippen molar-refractivity contribution < 1.29 is 0 Å². The summed E-state index contributed by atoms with van der Waals surface area (Å²) in [5, 5.41) is 4.39. The lowest BCUT2D eigenvalue weighted by atomic mass is 9.83. The molecule has 2 heteroatoms. The van der Waals surface area contributed by atoms with Crippen molar-refractivity contribution in [2.75, 3.05) is 0 Å². The number of nitrogens with zero attached hydrogens (tertiary/aromatic N) is 1. The third kappa shape index (κ3) is 1.67. The Morgan fingerprint density at radius 2 is 1.73 bits per heavy atom. The average molecular weight is 200 g/mol. The summed E-state index contributed by atoms with van der Waals surface area (Å²) in [6.45, 7) is 10.4. The maximum Gasteiger partial charge on any atom is 0.0739 e. The smallest absolute Gasteiger partial charge is 0.0739 e. The van der Waals surface area contributed by atoms with Crippen molar-refractivity contribution >= 4 is 11.4 Å². The Labute approximate surface area is 90.7 Å². The van der Waals surface area contributed by atoms with Crippen LogP contribution < -0.4 is 5.43 Å². The summed E-state index contributed by atoms with van der Waals surface area (Å²) < 4.78 is 0. The molecule has 1 aromatic carbocycles. The van der Waals surface area contributed by atoms with E-state index < -0.39 is 0 Å². The van der Waals surface area contributed by atoms with Crippen LogP contribution in [0.3, 0.4) is 0 Å². The van der Waals surface area contributed by atoms with Gasteiger partial charge in [0.25, 0.3) is 0 Å². The molecule has 1 aliphatic heterocycles. The summed E-state index contributed by atoms with van der Waals surface area (Å²) in [7, 11) is 0. The zero-order valence-corrected chi connectivity index (χ0v) is 9.46. The molecule has 2 rings (SSSR count). The zero-order chi connectivity index (χ0) is 11.1. The van der Waals surface area contributed by atoms with Crippen molar-refractivity contribution in [1.29, 1.82) is 0 Å². The van der Waals surface area contributed by atoms with Gasteiger partial charge in [0.1, 0.15) is 0 Å². The number of nitrogens with one attached hydrogen (secondary N) is 1. The number of rotatable bonds is 0. The Kier molecular flexibility index (Phi) is 2.14. The minimum absolute atomic E-state index is 0.0454. The van der Waals surface area contributed by atoms with Crippen molar-refractivity contribution in [2.24, 2.45) is 10.5 Å². The van der Waals surface area contributed by atoms with E-state index in [9.17, 15) is 0 Å². The molecular formula is C13H16N2. The van der Waals surface area contributed by atoms with Crippen LogP contribution in [0.5, 0.6) is 0 Å². The third-order valence-electron chi connectivity index (χ3n) is 2.52. The zero-order valence-electron chi connectivity index (χ0n) is 9.46. The standard InChI is InChI=1S/C13H16N2/c1-9-10-7-5-6-8-11(10)12(15-14-9)13(2,3)4/h5-8,14H,1H2,2-4H3. The van der Waals surface area contributed by atoms with E-state index in [0.29, 0.717) is 0 Å². The highest BCUT2D eigenvalue weighted by Crippen LogP contribution is 2.29. The molecule has 0 aromatic heterocycles. The monoisotopic (exact) mass is 200 g/mol. The highest BCUT2D eigenvalue weighted by molar-refractivity contribution is 6.08. The van der Waals surface area contributed by atoms with E-state index in [1.807, 2.05) is 12.1 Å². The van der Waals surface area contributed by atoms with Crippen LogP contribution in [0.2, 0.25) is 0 Å². The Morgan fingerprint density at radius 3 is 2.33 bits per heavy atom. The lowest BCUT2D eigenvalue weighted by molar-refractivity contribution is 0.585. The largest absolute Gasteiger partial charge is 0.278 e. The first-order valence-electron chi connectivity index (χ1n) is 5.13. The second-order valence-corrected chi connectivity index (χ2v) is 4.85. The van der Waals surface area contributed by atoms with Crippen molar-refractivity contribution in [2.45, 2.75) is 20.8 Å². The van der Waals surface area contributed by atoms with Gasteiger partial charge in [0.05, 0.1) is 11.4 Å². The number of hydrogen-bond acceptors (Lipinski definition) is 2. The maximum absolute atomic E-state index is 4.39. The van der Waals surface area contributed by atoms with Gasteiger partial charge in [-0.1, -0.05) is 51.6 Å². The predicted octanol–water partition coefficient (Wildman–Crippen LogP) is 3.01. The van der Waals surface area contributed by atoms with E-state index in [2.05, 4.69) is 50.0 Å². The van der Waals surface area contributed by atoms with Gasteiger partial charge in [-0.25, -0.2) is 0 Å². The minimum atomic E-state index is 0.0454. The molecule has 78 valence electrons. The summed E-state index contributed by atoms with van der Waals surface area (Å²) in [5.74, 6) is 0. The Balaban J connectivity index is 2.59. The van der Waals surface area contributed by atoms with E-state index in [1.54, 1.807) is 0 Å². The van der Waals surface area contributed by atoms with Crippen LogP contribution >= 0.6 is 0 Å². The van der Waals surface area contributed by atoms with Gasteiger partial charge < -0.3 is 0 Å². The van der Waals surface area contributed by atoms with E-state index in [4.69, 9.17) is 0 Å². The minimum Gasteiger partial charge on any atom is -0.278 e. The van der Waals surface area contributed by atoms with E-state index in [-0.39, 0.29) is 5.41 Å². The first-order valence-corrected chi connectivity index (χ1v) is 5.13. The quantitative estimate of drug-likeness (QED) is 0.684. The summed E-state index contributed by atoms with van der Waals surface area (Å²) in [6.07, 6.45) is 0. The van der Waals surface area contributed by atoms with Crippen molar-refractivity contribution in [1.82, 2.24) is 5.43 Å². The third-order valence-corrected chi connectivity index (χ3v) is 2.52. The molecule has 0 radical (unpaired) electrons. The molecule has 15 heavy (non-hydrogen) atoms. The van der Waals surface area contributed by atoms with Crippen LogP contribution in [-0.2, 0) is 0 Å². The molecule has 0 amide bonds. The van der Waals surface area contributed by atoms with Gasteiger partial charge in [-0.2, -0.15) is 5.10 Å². The SMILES string of the molecule is C=C1NN=C(C(C)(C)C)c2ccccc21. The van der Waals surface area contributed by atoms with Gasteiger partial charge in [-0.15, -0.1) is 0 Å². The van der Waals surface area contributed by atoms with Crippen LogP contribution in [-0.4, -0.2) is 5.71 Å². The number of fused-ring (bicyclic) bond motifs is 1. The fraction of sp³-hybridized carbons (Fsp3) is 0.308. The molecule has 2 nitrogen and oxygen atoms in total. The molecule has 0 fully saturated rings. The van der Waals surface area contributed by atoms with Gasteiger partial charge >= 0.3 is 0 Å². The number of benzene rings is 1. The molecule has 1 aromatic rings. The van der Waals surface area contributed by atoms with Crippen LogP contribution in [0.1, 0.15) is 31.9 Å². The van der Waals surface area contributed by atoms with E-state index >= 15 is 0 Å². The maximum atomic E-state index is 4.39. The second-order valence-electron chi connectivity index (χ2n) is 4.85. The summed E-state index contributed by atoms with van der Waals surface area (Å²) >= 11 is 0. The average Bonchev–Trinajstić information content (AvgIpc) is 2.17. The normalized spacial score (nSPS) is 15.4. The first-order chi connectivity index (χ1) is 7.00. The fourth-order valence-corrected chi connectivity index (χ4v) is 1.77. The van der Waals surface area contributed by atoms with Gasteiger partial charge in [0.2, 0.25) is 0 Å². The fourth-order valence-electron chi connectivity index (χ4n) is 1.77. The molecule has 0 spiro atoms. The Hall–Kier alpha value is -1.57. The second kappa shape index (κ2) is 3.23. The molecule has 0 saturated carbocycles. The van der Waals surface area contributed by atoms with Gasteiger partial charge in [0.15, 0.2) is 0 Å². The van der Waals surface area contributed by atoms with Crippen LogP contribution in [0.25, 0.3) is 5.70 Å². The molecule has 1 N–H and O–H groups in total. The van der Waals surface area contributed by atoms with Crippen LogP contribution in [0.15, 0.2) is 35.9 Å². The molecule has 1 heterocycles. The lowest BCUT2D eigenvalue weighted by Gasteiger charge is -2.27. The van der Waals surface area contributed by atoms with Crippen molar-refractivity contribution in [3.8, 4) is 0 Å². The molecule has 0 aliphatic carbocycles. The first kappa shape index (κ1) is 9.97. The van der Waals surface area contributed by atoms with Crippen molar-refractivity contribution in [3.05, 3.63) is 42.0 Å².